The lowest BCUT2D eigenvalue weighted by molar-refractivity contribution is -0.118. The van der Waals surface area contributed by atoms with Crippen LogP contribution in [0.1, 0.15) is 42.3 Å². The van der Waals surface area contributed by atoms with Crippen LogP contribution in [0.2, 0.25) is 0 Å². The average molecular weight is 488 g/mol. The lowest BCUT2D eigenvalue weighted by atomic mass is 10.0. The predicted molar refractivity (Wildman–Crippen MR) is 141 cm³/mol. The highest BCUT2D eigenvalue weighted by atomic mass is 32.2. The number of benzene rings is 2. The fourth-order valence-electron chi connectivity index (χ4n) is 4.70. The van der Waals surface area contributed by atoms with E-state index in [1.54, 1.807) is 12.1 Å². The normalized spacial score (nSPS) is 14.3. The van der Waals surface area contributed by atoms with Crippen molar-refractivity contribution >= 4 is 33.9 Å². The molecule has 1 atom stereocenters. The zero-order chi connectivity index (χ0) is 24.7. The number of nitrogens with zero attached hydrogens (tertiary/aromatic N) is 3. The number of carbonyl (C=O) groups is 1. The Morgan fingerprint density at radius 1 is 1.11 bits per heavy atom. The molecular weight excluding hydrogens is 458 g/mol. The molecule has 1 N–H and O–H groups in total. The second kappa shape index (κ2) is 9.40. The highest BCUT2D eigenvalue weighted by Crippen LogP contribution is 2.37. The number of anilines is 1. The Morgan fingerprint density at radius 2 is 1.83 bits per heavy atom. The summed E-state index contributed by atoms with van der Waals surface area (Å²) in [5, 5.41) is 1.19. The minimum Gasteiger partial charge on any atom is -0.325 e. The largest absolute Gasteiger partial charge is 0.325 e. The van der Waals surface area contributed by atoms with Crippen LogP contribution in [-0.4, -0.2) is 24.2 Å². The van der Waals surface area contributed by atoms with Crippen molar-refractivity contribution in [2.24, 2.45) is 5.92 Å². The smallest absolute Gasteiger partial charge is 0.268 e. The van der Waals surface area contributed by atoms with Gasteiger partial charge in [0.1, 0.15) is 5.65 Å². The van der Waals surface area contributed by atoms with Crippen molar-refractivity contribution in [3.05, 3.63) is 83.2 Å². The predicted octanol–water partition coefficient (Wildman–Crippen LogP) is 5.81. The molecule has 0 bridgehead atoms. The number of pyridine rings is 1. The van der Waals surface area contributed by atoms with Gasteiger partial charge in [0, 0.05) is 34.8 Å². The van der Waals surface area contributed by atoms with E-state index < -0.39 is 11.3 Å². The molecule has 7 heteroatoms. The number of para-hydroxylation sites is 1. The third-order valence-corrected chi connectivity index (χ3v) is 7.35. The summed E-state index contributed by atoms with van der Waals surface area (Å²) >= 11 is -2.42. The molecule has 4 aromatic rings. The van der Waals surface area contributed by atoms with Crippen LogP contribution in [0.4, 0.5) is 5.69 Å². The number of rotatable bonds is 7. The highest BCUT2D eigenvalue weighted by Gasteiger charge is 2.37. The lowest BCUT2D eigenvalue weighted by Crippen LogP contribution is -2.34. The lowest BCUT2D eigenvalue weighted by Gasteiger charge is -2.21. The first-order valence-corrected chi connectivity index (χ1v) is 13.0. The van der Waals surface area contributed by atoms with Crippen LogP contribution in [0, 0.1) is 19.8 Å². The molecule has 0 spiro atoms. The second-order valence-electron chi connectivity index (χ2n) is 9.24. The number of aromatic nitrogens is 2. The Bertz CT molecular complexity index is 1440. The molecule has 0 radical (unpaired) electrons. The van der Waals surface area contributed by atoms with Crippen LogP contribution in [0.5, 0.6) is 0 Å². The molecule has 0 saturated heterocycles. The summed E-state index contributed by atoms with van der Waals surface area (Å²) in [7, 11) is 0. The minimum atomic E-state index is -2.42. The molecule has 1 aliphatic rings. The van der Waals surface area contributed by atoms with E-state index in [0.29, 0.717) is 12.2 Å². The van der Waals surface area contributed by atoms with Crippen molar-refractivity contribution in [3.63, 3.8) is 0 Å². The van der Waals surface area contributed by atoms with Gasteiger partial charge in [0.05, 0.1) is 5.69 Å². The molecule has 0 aliphatic heterocycles. The summed E-state index contributed by atoms with van der Waals surface area (Å²) in [6.07, 6.45) is 2.46. The number of fused-ring (bicyclic) bond motifs is 1. The molecule has 180 valence electrons. The van der Waals surface area contributed by atoms with Gasteiger partial charge in [-0.15, -0.1) is 0 Å². The van der Waals surface area contributed by atoms with Crippen molar-refractivity contribution in [2.75, 3.05) is 4.31 Å². The van der Waals surface area contributed by atoms with Gasteiger partial charge >= 0.3 is 0 Å². The maximum atomic E-state index is 12.7. The molecule has 1 aliphatic carbocycles. The highest BCUT2D eigenvalue weighted by molar-refractivity contribution is 7.81. The fourth-order valence-corrected chi connectivity index (χ4v) is 5.33. The van der Waals surface area contributed by atoms with Crippen molar-refractivity contribution in [3.8, 4) is 11.1 Å². The first-order chi connectivity index (χ1) is 16.9. The summed E-state index contributed by atoms with van der Waals surface area (Å²) in [4.78, 5) is 17.6. The Hall–Kier alpha value is -3.29. The Labute approximate surface area is 208 Å². The van der Waals surface area contributed by atoms with Gasteiger partial charge in [-0.3, -0.25) is 9.35 Å². The van der Waals surface area contributed by atoms with E-state index in [4.69, 9.17) is 4.98 Å². The van der Waals surface area contributed by atoms with Gasteiger partial charge in [0.15, 0.2) is 0 Å². The van der Waals surface area contributed by atoms with Crippen LogP contribution in [0.25, 0.3) is 22.2 Å². The third kappa shape index (κ3) is 4.54. The van der Waals surface area contributed by atoms with Gasteiger partial charge in [-0.05, 0) is 68.0 Å². The Balaban J connectivity index is 1.48. The molecule has 35 heavy (non-hydrogen) atoms. The second-order valence-corrected chi connectivity index (χ2v) is 10.1. The average Bonchev–Trinajstić information content (AvgIpc) is 3.63. The summed E-state index contributed by atoms with van der Waals surface area (Å²) in [6, 6.07) is 19.8. The molecule has 1 unspecified atom stereocenters. The van der Waals surface area contributed by atoms with Crippen molar-refractivity contribution in [2.45, 2.75) is 46.6 Å². The molecule has 1 fully saturated rings. The van der Waals surface area contributed by atoms with Crippen LogP contribution >= 0.6 is 0 Å². The molecule has 5 rings (SSSR count). The zero-order valence-corrected chi connectivity index (χ0v) is 21.0. The minimum absolute atomic E-state index is 0.161. The third-order valence-electron chi connectivity index (χ3n) is 6.66. The first kappa shape index (κ1) is 23.5. The van der Waals surface area contributed by atoms with Gasteiger partial charge in [0.25, 0.3) is 11.3 Å². The topological polar surface area (TPSA) is 75.4 Å². The van der Waals surface area contributed by atoms with Crippen molar-refractivity contribution < 1.29 is 13.6 Å². The van der Waals surface area contributed by atoms with E-state index in [1.807, 2.05) is 31.2 Å². The van der Waals surface area contributed by atoms with Crippen LogP contribution in [-0.2, 0) is 29.0 Å². The summed E-state index contributed by atoms with van der Waals surface area (Å²) in [5.74, 6) is -0.453. The van der Waals surface area contributed by atoms with Gasteiger partial charge in [-0.25, -0.2) is 13.5 Å². The maximum absolute atomic E-state index is 12.7. The van der Waals surface area contributed by atoms with E-state index in [9.17, 15) is 13.6 Å². The Kier molecular flexibility index (Phi) is 6.30. The van der Waals surface area contributed by atoms with Crippen LogP contribution in [0.3, 0.4) is 0 Å². The number of carbonyl (C=O) groups excluding carboxylic acids is 1. The number of hydrogen-bond donors (Lipinski definition) is 1. The summed E-state index contributed by atoms with van der Waals surface area (Å²) < 4.78 is 25.3. The van der Waals surface area contributed by atoms with Gasteiger partial charge in [-0.1, -0.05) is 49.4 Å². The number of hydrogen-bond acceptors (Lipinski definition) is 3. The zero-order valence-electron chi connectivity index (χ0n) is 20.2. The SMILES string of the molecule is CCc1cc2c(C)cc(C)nc2n1Cc1ccc(-c2ccccc2N(C(=O)C2CC2)S(=O)O)cc1. The molecule has 1 saturated carbocycles. The molecular formula is C28H29N3O3S. The molecule has 1 amide bonds. The van der Waals surface area contributed by atoms with E-state index >= 15 is 0 Å². The van der Waals surface area contributed by atoms with E-state index in [1.165, 1.54) is 16.6 Å². The molecule has 2 aromatic heterocycles. The van der Waals surface area contributed by atoms with Crippen LogP contribution in [0.15, 0.2) is 60.7 Å². The number of aryl methyl sites for hydroxylation is 3. The van der Waals surface area contributed by atoms with Gasteiger partial charge in [0.2, 0.25) is 5.91 Å². The van der Waals surface area contributed by atoms with E-state index in [0.717, 1.165) is 51.6 Å². The quantitative estimate of drug-likeness (QED) is 0.334. The van der Waals surface area contributed by atoms with Gasteiger partial charge < -0.3 is 4.57 Å². The molecule has 2 aromatic carbocycles. The standard InChI is InChI=1S/C28H29N3O3S/c1-4-23-16-25-18(2)15-19(3)29-27(25)30(23)17-20-9-11-21(12-10-20)24-7-5-6-8-26(24)31(35(33)34)28(32)22-13-14-22/h5-12,15-16,22H,4,13-14,17H2,1-3H3,(H,33,34). The van der Waals surface area contributed by atoms with E-state index in [-0.39, 0.29) is 11.8 Å². The molecule has 2 heterocycles. The van der Waals surface area contributed by atoms with Crippen molar-refractivity contribution in [1.82, 2.24) is 9.55 Å². The molecule has 6 nitrogen and oxygen atoms in total. The van der Waals surface area contributed by atoms with Crippen LogP contribution < -0.4 is 4.31 Å². The first-order valence-electron chi connectivity index (χ1n) is 12.0. The number of amides is 1. The summed E-state index contributed by atoms with van der Waals surface area (Å²) in [5.41, 5.74) is 7.73. The monoisotopic (exact) mass is 487 g/mol. The maximum Gasteiger partial charge on any atom is 0.268 e. The fraction of sp³-hybridized carbons (Fsp3) is 0.286. The van der Waals surface area contributed by atoms with Gasteiger partial charge in [-0.2, -0.15) is 0 Å². The van der Waals surface area contributed by atoms with Crippen molar-refractivity contribution in [1.29, 1.82) is 0 Å². The summed E-state index contributed by atoms with van der Waals surface area (Å²) in [6.45, 7) is 7.02. The Morgan fingerprint density at radius 3 is 2.49 bits per heavy atom. The van der Waals surface area contributed by atoms with E-state index in [2.05, 4.69) is 42.7 Å².